The first kappa shape index (κ1) is 18.1. The molecular weight excluding hydrogens is 362 g/mol. The Morgan fingerprint density at radius 1 is 1.07 bits per heavy atom. The first-order chi connectivity index (χ1) is 14.1. The summed E-state index contributed by atoms with van der Waals surface area (Å²) in [6.07, 6.45) is 5.02. The first-order valence-electron chi connectivity index (χ1n) is 10.4. The number of fused-ring (bicyclic) bond motifs is 1. The Labute approximate surface area is 170 Å². The van der Waals surface area contributed by atoms with Crippen LogP contribution >= 0.6 is 0 Å². The van der Waals surface area contributed by atoms with Gasteiger partial charge in [-0.3, -0.25) is 4.79 Å². The van der Waals surface area contributed by atoms with E-state index in [0.717, 1.165) is 24.1 Å². The Balaban J connectivity index is 1.40. The van der Waals surface area contributed by atoms with Crippen LogP contribution in [0.3, 0.4) is 0 Å². The van der Waals surface area contributed by atoms with Gasteiger partial charge in [-0.25, -0.2) is 0 Å². The van der Waals surface area contributed by atoms with Gasteiger partial charge >= 0.3 is 0 Å². The van der Waals surface area contributed by atoms with Crippen molar-refractivity contribution in [1.29, 1.82) is 0 Å². The zero-order chi connectivity index (χ0) is 20.0. The van der Waals surface area contributed by atoms with Gasteiger partial charge in [0, 0.05) is 30.1 Å². The van der Waals surface area contributed by atoms with Crippen LogP contribution in [0.4, 0.5) is 5.69 Å². The highest BCUT2D eigenvalue weighted by atomic mass is 16.5. The molecule has 1 unspecified atom stereocenters. The molecule has 0 spiro atoms. The molecule has 1 saturated heterocycles. The second kappa shape index (κ2) is 7.14. The molecule has 1 aromatic heterocycles. The summed E-state index contributed by atoms with van der Waals surface area (Å²) >= 11 is 0. The fourth-order valence-corrected chi connectivity index (χ4v) is 4.52. The topological polar surface area (TPSA) is 59.2 Å². The summed E-state index contributed by atoms with van der Waals surface area (Å²) in [6, 6.07) is 12.5. The van der Waals surface area contributed by atoms with E-state index in [9.17, 15) is 4.79 Å². The van der Waals surface area contributed by atoms with E-state index in [2.05, 4.69) is 54.3 Å². The number of amides is 1. The van der Waals surface area contributed by atoms with Crippen LogP contribution in [0.5, 0.6) is 0 Å². The molecule has 2 heterocycles. The van der Waals surface area contributed by atoms with Crippen LogP contribution in [-0.2, 0) is 17.6 Å². The zero-order valence-electron chi connectivity index (χ0n) is 16.9. The normalized spacial score (nSPS) is 18.9. The minimum atomic E-state index is -0.0361. The Bertz CT molecular complexity index is 1090. The van der Waals surface area contributed by atoms with Crippen LogP contribution in [0.25, 0.3) is 11.5 Å². The van der Waals surface area contributed by atoms with Crippen LogP contribution in [0.2, 0.25) is 0 Å². The first-order valence-corrected chi connectivity index (χ1v) is 10.4. The fourth-order valence-electron chi connectivity index (χ4n) is 4.52. The zero-order valence-corrected chi connectivity index (χ0v) is 16.9. The van der Waals surface area contributed by atoms with Crippen molar-refractivity contribution in [3.05, 3.63) is 64.5 Å². The number of hydrogen-bond donors (Lipinski definition) is 0. The molecule has 0 saturated carbocycles. The lowest BCUT2D eigenvalue weighted by Crippen LogP contribution is -2.26. The molecule has 148 valence electrons. The second-order valence-corrected chi connectivity index (χ2v) is 8.28. The third-order valence-corrected chi connectivity index (χ3v) is 6.35. The smallest absolute Gasteiger partial charge is 0.257 e. The molecule has 29 heavy (non-hydrogen) atoms. The quantitative estimate of drug-likeness (QED) is 0.650. The lowest BCUT2D eigenvalue weighted by molar-refractivity contribution is -0.117. The number of benzene rings is 2. The summed E-state index contributed by atoms with van der Waals surface area (Å²) < 4.78 is 5.53. The molecule has 1 fully saturated rings. The fraction of sp³-hybridized carbons (Fsp3) is 0.375. The maximum absolute atomic E-state index is 12.8. The molecule has 0 radical (unpaired) electrons. The molecule has 0 N–H and O–H groups in total. The Morgan fingerprint density at radius 3 is 2.79 bits per heavy atom. The van der Waals surface area contributed by atoms with E-state index in [4.69, 9.17) is 4.52 Å². The van der Waals surface area contributed by atoms with Crippen molar-refractivity contribution < 1.29 is 9.32 Å². The monoisotopic (exact) mass is 387 g/mol. The van der Waals surface area contributed by atoms with Crippen LogP contribution in [0.15, 0.2) is 40.9 Å². The van der Waals surface area contributed by atoms with E-state index < -0.39 is 0 Å². The Morgan fingerprint density at radius 2 is 1.93 bits per heavy atom. The molecular formula is C24H25N3O2. The van der Waals surface area contributed by atoms with E-state index in [1.165, 1.54) is 35.1 Å². The van der Waals surface area contributed by atoms with E-state index in [1.54, 1.807) is 0 Å². The average Bonchev–Trinajstić information content (AvgIpc) is 3.37. The predicted molar refractivity (Wildman–Crippen MR) is 112 cm³/mol. The van der Waals surface area contributed by atoms with Gasteiger partial charge in [0.25, 0.3) is 5.89 Å². The van der Waals surface area contributed by atoms with Gasteiger partial charge in [-0.05, 0) is 80.0 Å². The molecule has 1 aliphatic heterocycles. The van der Waals surface area contributed by atoms with Crippen LogP contribution in [0, 0.1) is 13.8 Å². The van der Waals surface area contributed by atoms with E-state index >= 15 is 0 Å². The van der Waals surface area contributed by atoms with Crippen LogP contribution < -0.4 is 4.90 Å². The van der Waals surface area contributed by atoms with Gasteiger partial charge in [0.15, 0.2) is 5.82 Å². The van der Waals surface area contributed by atoms with Gasteiger partial charge in [-0.1, -0.05) is 23.4 Å². The molecule has 1 aliphatic carbocycles. The van der Waals surface area contributed by atoms with Gasteiger partial charge in [-0.2, -0.15) is 4.98 Å². The average molecular weight is 387 g/mol. The number of aryl methyl sites for hydroxylation is 3. The number of carbonyl (C=O) groups excluding carboxylic acids is 1. The summed E-state index contributed by atoms with van der Waals surface area (Å²) in [7, 11) is 0. The Kier molecular flexibility index (Phi) is 4.46. The van der Waals surface area contributed by atoms with Gasteiger partial charge in [0.2, 0.25) is 5.91 Å². The molecule has 5 rings (SSSR count). The maximum Gasteiger partial charge on any atom is 0.257 e. The van der Waals surface area contributed by atoms with Crippen molar-refractivity contribution in [2.24, 2.45) is 0 Å². The minimum absolute atomic E-state index is 0.0361. The number of nitrogens with zero attached hydrogens (tertiary/aromatic N) is 3. The molecule has 5 heteroatoms. The minimum Gasteiger partial charge on any atom is -0.334 e. The number of anilines is 1. The number of aromatic nitrogens is 2. The van der Waals surface area contributed by atoms with Gasteiger partial charge in [-0.15, -0.1) is 0 Å². The van der Waals surface area contributed by atoms with Crippen molar-refractivity contribution in [1.82, 2.24) is 10.1 Å². The van der Waals surface area contributed by atoms with E-state index in [0.29, 0.717) is 24.7 Å². The van der Waals surface area contributed by atoms with E-state index in [1.807, 2.05) is 11.0 Å². The van der Waals surface area contributed by atoms with Crippen molar-refractivity contribution in [3.8, 4) is 11.5 Å². The molecule has 3 aromatic rings. The second-order valence-electron chi connectivity index (χ2n) is 8.28. The van der Waals surface area contributed by atoms with Crippen LogP contribution in [0.1, 0.15) is 53.3 Å². The third-order valence-electron chi connectivity index (χ3n) is 6.35. The van der Waals surface area contributed by atoms with Gasteiger partial charge in [0.1, 0.15) is 0 Å². The van der Waals surface area contributed by atoms with Crippen LogP contribution in [-0.4, -0.2) is 22.6 Å². The summed E-state index contributed by atoms with van der Waals surface area (Å²) in [6.45, 7) is 4.77. The standard InChI is InChI=1S/C24H25N3O2/c1-15-10-11-18(12-16(15)2)24-25-23(26-29-24)19-13-22(28)27(14-19)21-9-5-7-17-6-3-4-8-20(17)21/h5,7,9-12,19H,3-4,6,8,13-14H2,1-2H3. The van der Waals surface area contributed by atoms with Gasteiger partial charge in [0.05, 0.1) is 0 Å². The molecule has 1 amide bonds. The molecule has 0 bridgehead atoms. The summed E-state index contributed by atoms with van der Waals surface area (Å²) in [5, 5.41) is 4.21. The molecule has 1 atom stereocenters. The Hall–Kier alpha value is -2.95. The largest absolute Gasteiger partial charge is 0.334 e. The van der Waals surface area contributed by atoms with E-state index in [-0.39, 0.29) is 11.8 Å². The maximum atomic E-state index is 12.8. The summed E-state index contributed by atoms with van der Waals surface area (Å²) in [5.74, 6) is 1.25. The third kappa shape index (κ3) is 3.24. The van der Waals surface area contributed by atoms with Gasteiger partial charge < -0.3 is 9.42 Å². The number of rotatable bonds is 3. The summed E-state index contributed by atoms with van der Waals surface area (Å²) in [4.78, 5) is 19.4. The van der Waals surface area contributed by atoms with Crippen molar-refractivity contribution in [3.63, 3.8) is 0 Å². The highest BCUT2D eigenvalue weighted by molar-refractivity contribution is 5.97. The highest BCUT2D eigenvalue weighted by Crippen LogP contribution is 2.36. The number of carbonyl (C=O) groups is 1. The number of hydrogen-bond acceptors (Lipinski definition) is 4. The molecule has 2 aliphatic rings. The lowest BCUT2D eigenvalue weighted by atomic mass is 9.90. The highest BCUT2D eigenvalue weighted by Gasteiger charge is 2.36. The van der Waals surface area contributed by atoms with Crippen molar-refractivity contribution >= 4 is 11.6 Å². The van der Waals surface area contributed by atoms with Crippen molar-refractivity contribution in [2.75, 3.05) is 11.4 Å². The van der Waals surface area contributed by atoms with Crippen molar-refractivity contribution in [2.45, 2.75) is 51.9 Å². The lowest BCUT2D eigenvalue weighted by Gasteiger charge is -2.25. The summed E-state index contributed by atoms with van der Waals surface area (Å²) in [5.41, 5.74) is 7.16. The molecule has 5 nitrogen and oxygen atoms in total. The predicted octanol–water partition coefficient (Wildman–Crippen LogP) is 4.75. The SMILES string of the molecule is Cc1ccc(-c2nc(C3CC(=O)N(c4cccc5c4CCCC5)C3)no2)cc1C. The molecule has 2 aromatic carbocycles.